The minimum absolute atomic E-state index is 0.0453. The second-order valence-corrected chi connectivity index (χ2v) is 11.2. The lowest BCUT2D eigenvalue weighted by Crippen LogP contribution is -2.46. The van der Waals surface area contributed by atoms with Crippen molar-refractivity contribution < 1.29 is 28.4 Å². The Labute approximate surface area is 247 Å². The number of para-hydroxylation sites is 1. The molecule has 0 aliphatic heterocycles. The average molecular weight is 590 g/mol. The average Bonchev–Trinajstić information content (AvgIpc) is 3.52. The van der Waals surface area contributed by atoms with Crippen molar-refractivity contribution in [3.63, 3.8) is 0 Å². The molecule has 2 heterocycles. The van der Waals surface area contributed by atoms with Crippen molar-refractivity contribution in [1.29, 1.82) is 0 Å². The van der Waals surface area contributed by atoms with Gasteiger partial charge in [-0.15, -0.1) is 0 Å². The number of benzene rings is 1. The molecule has 3 unspecified atom stereocenters. The number of hydrogen-bond donors (Lipinski definition) is 4. The third-order valence-corrected chi connectivity index (χ3v) is 8.40. The molecular formula is C31H35N5O7. The number of rotatable bonds is 11. The minimum Gasteiger partial charge on any atom is -0.451 e. The van der Waals surface area contributed by atoms with E-state index in [1.807, 2.05) is 0 Å². The zero-order valence-corrected chi connectivity index (χ0v) is 23.9. The highest BCUT2D eigenvalue weighted by Crippen LogP contribution is 2.42. The smallest absolute Gasteiger partial charge is 0.287 e. The highest BCUT2D eigenvalue weighted by atomic mass is 16.3. The van der Waals surface area contributed by atoms with Crippen LogP contribution in [0.1, 0.15) is 55.5 Å². The molecule has 0 radical (unpaired) electrons. The monoisotopic (exact) mass is 589 g/mol. The highest BCUT2D eigenvalue weighted by molar-refractivity contribution is 6.36. The van der Waals surface area contributed by atoms with E-state index in [0.29, 0.717) is 22.8 Å². The molecule has 3 aromatic rings. The molecule has 2 aliphatic rings. The summed E-state index contributed by atoms with van der Waals surface area (Å²) in [5.41, 5.74) is -0.214. The number of amides is 4. The van der Waals surface area contributed by atoms with Gasteiger partial charge >= 0.3 is 0 Å². The second-order valence-electron chi connectivity index (χ2n) is 11.2. The molecule has 1 aromatic carbocycles. The minimum atomic E-state index is -1.28. The molecule has 2 saturated carbocycles. The van der Waals surface area contributed by atoms with Gasteiger partial charge in [0, 0.05) is 31.1 Å². The number of Topliss-reactive ketones (excluding diaryl/α,β-unsaturated/α-hetero) is 1. The number of carbonyl (C=O) groups excluding carboxylic acids is 5. The molecule has 4 amide bonds. The van der Waals surface area contributed by atoms with Crippen LogP contribution in [0.15, 0.2) is 57.9 Å². The van der Waals surface area contributed by atoms with Gasteiger partial charge < -0.3 is 30.3 Å². The third-order valence-electron chi connectivity index (χ3n) is 8.40. The number of hydrogen-bond acceptors (Lipinski definition) is 7. The Morgan fingerprint density at radius 2 is 1.74 bits per heavy atom. The van der Waals surface area contributed by atoms with E-state index in [1.165, 1.54) is 42.4 Å². The Bertz CT molecular complexity index is 1560. The summed E-state index contributed by atoms with van der Waals surface area (Å²) in [6, 6.07) is 10.3. The summed E-state index contributed by atoms with van der Waals surface area (Å²) >= 11 is 0. The van der Waals surface area contributed by atoms with E-state index in [1.54, 1.807) is 24.3 Å². The van der Waals surface area contributed by atoms with Crippen molar-refractivity contribution in [2.24, 2.45) is 11.8 Å². The Hall–Kier alpha value is -4.74. The summed E-state index contributed by atoms with van der Waals surface area (Å²) < 4.78 is 6.80. The fourth-order valence-corrected chi connectivity index (χ4v) is 6.18. The normalized spacial score (nSPS) is 19.8. The molecule has 5 rings (SSSR count). The van der Waals surface area contributed by atoms with Crippen LogP contribution in [0.4, 0.5) is 5.69 Å². The summed E-state index contributed by atoms with van der Waals surface area (Å²) in [7, 11) is 1.31. The van der Waals surface area contributed by atoms with Gasteiger partial charge in [-0.25, -0.2) is 0 Å². The number of likely N-dealkylation sites (N-methyl/N-ethyl adjacent to an activating group) is 1. The van der Waals surface area contributed by atoms with Crippen LogP contribution in [-0.4, -0.2) is 53.1 Å². The van der Waals surface area contributed by atoms with Gasteiger partial charge in [0.1, 0.15) is 23.9 Å². The summed E-state index contributed by atoms with van der Waals surface area (Å²) in [6.07, 6.45) is 6.53. The molecule has 2 aliphatic carbocycles. The van der Waals surface area contributed by atoms with E-state index in [-0.39, 0.29) is 42.8 Å². The first-order chi connectivity index (χ1) is 20.7. The van der Waals surface area contributed by atoms with Gasteiger partial charge in [0.25, 0.3) is 17.4 Å². The number of fused-ring (bicyclic) bond motifs is 3. The molecule has 0 spiro atoms. The number of pyridine rings is 1. The first-order valence-electron chi connectivity index (χ1n) is 14.6. The molecule has 3 atom stereocenters. The van der Waals surface area contributed by atoms with Gasteiger partial charge in [-0.2, -0.15) is 0 Å². The first kappa shape index (κ1) is 29.7. The molecule has 4 N–H and O–H groups in total. The molecule has 2 bridgehead atoms. The number of ketones is 1. The second kappa shape index (κ2) is 13.1. The standard InChI is InChI=1S/C31H35N5O7/c1-32-29(40)23(37)14-13-21(33-30(41)25-16-20-6-2-3-10-24(20)43-25)28(39)34-22-9-5-15-36(31(22)42)17-26(38)35-27-18-7-4-8-19(27)12-11-18/h2-3,5-6,9-10,15-16,18-19,21,27H,4,7-8,11-14,17H2,1H3,(H,32,40)(H,33,41)(H,34,39)(H,35,38). The van der Waals surface area contributed by atoms with Crippen molar-refractivity contribution in [1.82, 2.24) is 20.5 Å². The molecular weight excluding hydrogens is 554 g/mol. The lowest BCUT2D eigenvalue weighted by atomic mass is 9.84. The van der Waals surface area contributed by atoms with Gasteiger partial charge in [0.05, 0.1) is 0 Å². The van der Waals surface area contributed by atoms with E-state index >= 15 is 0 Å². The van der Waals surface area contributed by atoms with Crippen LogP contribution >= 0.6 is 0 Å². The van der Waals surface area contributed by atoms with Crippen LogP contribution in [0.2, 0.25) is 0 Å². The number of nitrogens with zero attached hydrogens (tertiary/aromatic N) is 1. The zero-order chi connectivity index (χ0) is 30.5. The number of carbonyl (C=O) groups is 5. The first-order valence-corrected chi connectivity index (χ1v) is 14.6. The van der Waals surface area contributed by atoms with Crippen LogP contribution in [0.5, 0.6) is 0 Å². The Morgan fingerprint density at radius 1 is 1.00 bits per heavy atom. The van der Waals surface area contributed by atoms with E-state index in [4.69, 9.17) is 4.42 Å². The predicted octanol–water partition coefficient (Wildman–Crippen LogP) is 2.12. The predicted molar refractivity (Wildman–Crippen MR) is 157 cm³/mol. The lowest BCUT2D eigenvalue weighted by Gasteiger charge is -2.30. The van der Waals surface area contributed by atoms with Crippen LogP contribution in [0.3, 0.4) is 0 Å². The Morgan fingerprint density at radius 3 is 2.47 bits per heavy atom. The van der Waals surface area contributed by atoms with Crippen LogP contribution in [-0.2, 0) is 25.7 Å². The SMILES string of the molecule is CNC(=O)C(=O)CCC(NC(=O)c1cc2ccccc2o1)C(=O)Nc1cccn(CC(=O)NC2C3CCCC2CC3)c1=O. The number of anilines is 1. The Balaban J connectivity index is 1.28. The van der Waals surface area contributed by atoms with Crippen molar-refractivity contribution in [2.45, 2.75) is 63.6 Å². The molecule has 2 fully saturated rings. The summed E-state index contributed by atoms with van der Waals surface area (Å²) in [4.78, 5) is 76.3. The van der Waals surface area contributed by atoms with Gasteiger partial charge in [-0.3, -0.25) is 28.8 Å². The van der Waals surface area contributed by atoms with E-state index < -0.39 is 35.1 Å². The Kier molecular flexibility index (Phi) is 9.03. The van der Waals surface area contributed by atoms with Crippen LogP contribution in [0, 0.1) is 11.8 Å². The van der Waals surface area contributed by atoms with E-state index in [0.717, 1.165) is 25.7 Å². The maximum Gasteiger partial charge on any atom is 0.287 e. The zero-order valence-electron chi connectivity index (χ0n) is 23.9. The quantitative estimate of drug-likeness (QED) is 0.248. The van der Waals surface area contributed by atoms with Gasteiger partial charge in [-0.05, 0) is 68.2 Å². The maximum atomic E-state index is 13.3. The van der Waals surface area contributed by atoms with E-state index in [2.05, 4.69) is 21.3 Å². The molecule has 12 nitrogen and oxygen atoms in total. The number of aromatic nitrogens is 1. The van der Waals surface area contributed by atoms with E-state index in [9.17, 15) is 28.8 Å². The van der Waals surface area contributed by atoms with Crippen LogP contribution < -0.4 is 26.8 Å². The van der Waals surface area contributed by atoms with Crippen molar-refractivity contribution in [3.05, 3.63) is 64.8 Å². The number of nitrogens with one attached hydrogen (secondary N) is 4. The van der Waals surface area contributed by atoms with Gasteiger partial charge in [0.2, 0.25) is 17.6 Å². The van der Waals surface area contributed by atoms with Crippen molar-refractivity contribution in [2.75, 3.05) is 12.4 Å². The largest absolute Gasteiger partial charge is 0.451 e. The highest BCUT2D eigenvalue weighted by Gasteiger charge is 2.39. The molecule has 0 saturated heterocycles. The number of furan rings is 1. The molecule has 43 heavy (non-hydrogen) atoms. The fraction of sp³-hybridized carbons (Fsp3) is 0.419. The summed E-state index contributed by atoms with van der Waals surface area (Å²) in [5.74, 6) is -2.42. The maximum absolute atomic E-state index is 13.3. The van der Waals surface area contributed by atoms with Crippen molar-refractivity contribution >= 4 is 46.1 Å². The van der Waals surface area contributed by atoms with Gasteiger partial charge in [-0.1, -0.05) is 24.6 Å². The fourth-order valence-electron chi connectivity index (χ4n) is 6.18. The van der Waals surface area contributed by atoms with Gasteiger partial charge in [0.15, 0.2) is 5.76 Å². The summed E-state index contributed by atoms with van der Waals surface area (Å²) in [5, 5.41) is 11.1. The van der Waals surface area contributed by atoms with Crippen molar-refractivity contribution in [3.8, 4) is 0 Å². The summed E-state index contributed by atoms with van der Waals surface area (Å²) in [6.45, 7) is -0.203. The third kappa shape index (κ3) is 6.85. The lowest BCUT2D eigenvalue weighted by molar-refractivity contribution is -0.137. The molecule has 226 valence electrons. The van der Waals surface area contributed by atoms with Crippen LogP contribution in [0.25, 0.3) is 11.0 Å². The molecule has 2 aromatic heterocycles. The topological polar surface area (TPSA) is 169 Å². The molecule has 12 heteroatoms.